The molecule has 0 saturated heterocycles. The summed E-state index contributed by atoms with van der Waals surface area (Å²) in [6.07, 6.45) is 2.87. The van der Waals surface area contributed by atoms with Crippen LogP contribution in [-0.4, -0.2) is 50.6 Å². The molecule has 0 fully saturated rings. The summed E-state index contributed by atoms with van der Waals surface area (Å²) < 4.78 is 5.88. The zero-order valence-corrected chi connectivity index (χ0v) is 23.1. The summed E-state index contributed by atoms with van der Waals surface area (Å²) in [5.41, 5.74) is 4.66. The van der Waals surface area contributed by atoms with Crippen molar-refractivity contribution in [3.63, 3.8) is 0 Å². The summed E-state index contributed by atoms with van der Waals surface area (Å²) in [5.74, 6) is -6.37. The first-order valence-corrected chi connectivity index (χ1v) is 13.4. The Kier molecular flexibility index (Phi) is 5.27. The number of phenolic OH excluding ortho intramolecular Hbond substituents is 2. The molecule has 0 radical (unpaired) electrons. The van der Waals surface area contributed by atoms with Crippen molar-refractivity contribution in [1.82, 2.24) is 0 Å². The Bertz CT molecular complexity index is 1660. The van der Waals surface area contributed by atoms with E-state index in [9.17, 15) is 34.8 Å². The second-order valence-corrected chi connectivity index (χ2v) is 12.4. The number of carbonyl (C=O) groups is 3. The molecule has 9 nitrogen and oxygen atoms in total. The van der Waals surface area contributed by atoms with Gasteiger partial charge in [-0.25, -0.2) is 0 Å². The van der Waals surface area contributed by atoms with E-state index in [1.807, 2.05) is 6.92 Å². The number of benzene rings is 2. The Hall–Kier alpha value is -3.69. The lowest BCUT2D eigenvalue weighted by molar-refractivity contribution is -0.131. The number of fused-ring (bicyclic) bond motifs is 4. The average Bonchev–Trinajstić information content (AvgIpc) is 3.22. The lowest BCUT2D eigenvalue weighted by atomic mass is 9.53. The highest BCUT2D eigenvalue weighted by molar-refractivity contribution is 6.23. The number of aryl methyl sites for hydroxylation is 1. The number of primary amides is 1. The maximum absolute atomic E-state index is 14.2. The average molecular weight is 548 g/mol. The standard InChI is InChI=1S/C31H33NO8/c1-12-9-16(33)20-18-14(11-30(23(12)18)13(2)7-6-8-29(30,3)4)19-22(24(20)35)27(37)31(39)15(25(19)40-5)10-17(34)21(26(31)36)28(32)38/h7,9,15,25,33,35-36,39H,6,8,10-11H2,1-5H3,(H2,32,38)/t15-,25-,30+,31-/m1/s1. The minimum absolute atomic E-state index is 0.0798. The topological polar surface area (TPSA) is 167 Å². The van der Waals surface area contributed by atoms with Gasteiger partial charge in [0.1, 0.15) is 22.8 Å². The van der Waals surface area contributed by atoms with Crippen molar-refractivity contribution in [2.75, 3.05) is 7.11 Å². The minimum Gasteiger partial charge on any atom is -0.508 e. The van der Waals surface area contributed by atoms with Crippen LogP contribution in [0, 0.1) is 18.3 Å². The van der Waals surface area contributed by atoms with Crippen LogP contribution in [0.1, 0.15) is 78.7 Å². The van der Waals surface area contributed by atoms with Gasteiger partial charge in [-0.05, 0) is 72.2 Å². The molecule has 1 amide bonds. The second-order valence-electron chi connectivity index (χ2n) is 12.4. The third kappa shape index (κ3) is 2.77. The van der Waals surface area contributed by atoms with E-state index < -0.39 is 64.0 Å². The lowest BCUT2D eigenvalue weighted by Crippen LogP contribution is -2.58. The van der Waals surface area contributed by atoms with Gasteiger partial charge in [-0.1, -0.05) is 25.5 Å². The first-order valence-electron chi connectivity index (χ1n) is 13.4. The summed E-state index contributed by atoms with van der Waals surface area (Å²) in [6.45, 7) is 8.41. The maximum Gasteiger partial charge on any atom is 0.255 e. The molecule has 0 bridgehead atoms. The molecule has 4 aliphatic carbocycles. The van der Waals surface area contributed by atoms with E-state index in [-0.39, 0.29) is 22.1 Å². The number of aliphatic hydroxyl groups excluding tert-OH is 1. The number of hydrogen-bond acceptors (Lipinski definition) is 8. The number of hydrogen-bond donors (Lipinski definition) is 5. The number of rotatable bonds is 2. The molecule has 6 rings (SSSR count). The van der Waals surface area contributed by atoms with Crippen LogP contribution in [0.2, 0.25) is 0 Å². The molecule has 0 saturated carbocycles. The van der Waals surface area contributed by atoms with E-state index in [4.69, 9.17) is 10.5 Å². The van der Waals surface area contributed by atoms with Gasteiger partial charge < -0.3 is 30.9 Å². The molecule has 210 valence electrons. The molecule has 0 aromatic heterocycles. The fourth-order valence-corrected chi connectivity index (χ4v) is 8.47. The number of ether oxygens (including phenoxy) is 1. The Morgan fingerprint density at radius 3 is 2.40 bits per heavy atom. The van der Waals surface area contributed by atoms with Gasteiger partial charge in [0.2, 0.25) is 5.78 Å². The van der Waals surface area contributed by atoms with E-state index in [2.05, 4.69) is 26.8 Å². The molecule has 2 aromatic carbocycles. The molecular weight excluding hydrogens is 514 g/mol. The van der Waals surface area contributed by atoms with Crippen LogP contribution in [-0.2, 0) is 26.2 Å². The summed E-state index contributed by atoms with van der Waals surface area (Å²) in [6, 6.07) is 1.58. The van der Waals surface area contributed by atoms with Gasteiger partial charge in [-0.15, -0.1) is 0 Å². The van der Waals surface area contributed by atoms with E-state index in [0.717, 1.165) is 29.5 Å². The third-order valence-electron chi connectivity index (χ3n) is 10.3. The predicted molar refractivity (Wildman–Crippen MR) is 145 cm³/mol. The van der Waals surface area contributed by atoms with Crippen LogP contribution < -0.4 is 5.73 Å². The molecule has 6 N–H and O–H groups in total. The maximum atomic E-state index is 14.2. The largest absolute Gasteiger partial charge is 0.508 e. The lowest BCUT2D eigenvalue weighted by Gasteiger charge is -2.50. The van der Waals surface area contributed by atoms with E-state index in [0.29, 0.717) is 22.9 Å². The van der Waals surface area contributed by atoms with Crippen LogP contribution in [0.5, 0.6) is 11.5 Å². The number of aliphatic hydroxyl groups is 2. The van der Waals surface area contributed by atoms with Gasteiger partial charge in [0.05, 0.1) is 17.1 Å². The Morgan fingerprint density at radius 2 is 1.80 bits per heavy atom. The van der Waals surface area contributed by atoms with Gasteiger partial charge in [0.15, 0.2) is 11.4 Å². The Labute approximate surface area is 230 Å². The number of allylic oxidation sites excluding steroid dienone is 2. The molecule has 0 aliphatic heterocycles. The van der Waals surface area contributed by atoms with Crippen molar-refractivity contribution < 1.29 is 39.5 Å². The van der Waals surface area contributed by atoms with Gasteiger partial charge in [0, 0.05) is 24.9 Å². The van der Waals surface area contributed by atoms with Crippen molar-refractivity contribution in [3.05, 3.63) is 56.9 Å². The number of Topliss-reactive ketones (excluding diaryl/α,β-unsaturated/α-hetero) is 2. The van der Waals surface area contributed by atoms with Gasteiger partial charge in [-0.3, -0.25) is 14.4 Å². The second kappa shape index (κ2) is 7.95. The first-order chi connectivity index (χ1) is 18.7. The number of nitrogens with two attached hydrogens (primary N) is 1. The predicted octanol–water partition coefficient (Wildman–Crippen LogP) is 3.62. The van der Waals surface area contributed by atoms with Crippen molar-refractivity contribution >= 4 is 28.2 Å². The number of amides is 1. The third-order valence-corrected chi connectivity index (χ3v) is 10.3. The first kappa shape index (κ1) is 26.5. The normalized spacial score (nSPS) is 30.5. The molecular formula is C31H33NO8. The van der Waals surface area contributed by atoms with Gasteiger partial charge in [-0.2, -0.15) is 0 Å². The highest BCUT2D eigenvalue weighted by Crippen LogP contribution is 2.65. The van der Waals surface area contributed by atoms with Crippen LogP contribution in [0.25, 0.3) is 10.8 Å². The van der Waals surface area contributed by atoms with Gasteiger partial charge >= 0.3 is 0 Å². The molecule has 0 unspecified atom stereocenters. The van der Waals surface area contributed by atoms with Crippen molar-refractivity contribution in [2.45, 2.75) is 70.5 Å². The number of ketones is 2. The monoisotopic (exact) mass is 547 g/mol. The van der Waals surface area contributed by atoms with Gasteiger partial charge in [0.25, 0.3) is 5.91 Å². The highest BCUT2D eigenvalue weighted by Gasteiger charge is 2.63. The summed E-state index contributed by atoms with van der Waals surface area (Å²) in [4.78, 5) is 39.2. The fourth-order valence-electron chi connectivity index (χ4n) is 8.47. The zero-order chi connectivity index (χ0) is 29.3. The molecule has 0 heterocycles. The molecule has 40 heavy (non-hydrogen) atoms. The van der Waals surface area contributed by atoms with Crippen molar-refractivity contribution in [1.29, 1.82) is 0 Å². The van der Waals surface area contributed by atoms with Crippen LogP contribution in [0.15, 0.2) is 29.0 Å². The smallest absolute Gasteiger partial charge is 0.255 e. The quantitative estimate of drug-likeness (QED) is 0.281. The molecule has 1 spiro atoms. The Balaban J connectivity index is 1.77. The highest BCUT2D eigenvalue weighted by atomic mass is 16.5. The van der Waals surface area contributed by atoms with Crippen LogP contribution >= 0.6 is 0 Å². The number of carbonyl (C=O) groups excluding carboxylic acids is 3. The number of aromatic hydroxyl groups is 2. The van der Waals surface area contributed by atoms with Crippen LogP contribution in [0.4, 0.5) is 0 Å². The zero-order valence-electron chi connectivity index (χ0n) is 23.1. The van der Waals surface area contributed by atoms with E-state index in [1.54, 1.807) is 6.07 Å². The molecule has 2 aromatic rings. The number of methoxy groups -OCH3 is 1. The minimum atomic E-state index is -2.75. The van der Waals surface area contributed by atoms with Crippen LogP contribution in [0.3, 0.4) is 0 Å². The molecule has 9 heteroatoms. The summed E-state index contributed by atoms with van der Waals surface area (Å²) >= 11 is 0. The molecule has 4 atom stereocenters. The van der Waals surface area contributed by atoms with E-state index >= 15 is 0 Å². The van der Waals surface area contributed by atoms with Crippen molar-refractivity contribution in [2.24, 2.45) is 17.1 Å². The summed E-state index contributed by atoms with van der Waals surface area (Å²) in [5, 5.41) is 46.4. The number of phenols is 2. The van der Waals surface area contributed by atoms with E-state index in [1.165, 1.54) is 7.11 Å². The Morgan fingerprint density at radius 1 is 1.12 bits per heavy atom. The molecule has 4 aliphatic rings. The van der Waals surface area contributed by atoms with Crippen molar-refractivity contribution in [3.8, 4) is 11.5 Å². The summed E-state index contributed by atoms with van der Waals surface area (Å²) in [7, 11) is 1.36. The SMILES string of the molecule is CO[C@H]1c2c(c(O)c3c(O)cc(C)c4c3c2C[C@]42C(C)=CCCC2(C)C)C(=O)[C@]2(O)C(O)=C(C(N)=O)C(=O)C[C@H]12. The fraction of sp³-hybridized carbons (Fsp3) is 0.452.